The number of aliphatic imine (C=N–C) groups is 2. The molecular weight excluding hydrogens is 358 g/mol. The highest BCUT2D eigenvalue weighted by molar-refractivity contribution is 5.80. The van der Waals surface area contributed by atoms with Crippen LogP contribution in [-0.2, 0) is 19.1 Å². The quantitative estimate of drug-likeness (QED) is 0.289. The third-order valence-electron chi connectivity index (χ3n) is 3.13. The summed E-state index contributed by atoms with van der Waals surface area (Å²) >= 11 is 0. The fourth-order valence-electron chi connectivity index (χ4n) is 1.80. The normalized spacial score (nSPS) is 14.4. The number of esters is 2. The molecule has 0 radical (unpaired) electrons. The lowest BCUT2D eigenvalue weighted by molar-refractivity contribution is -0.150. The van der Waals surface area contributed by atoms with E-state index in [0.717, 1.165) is 6.42 Å². The van der Waals surface area contributed by atoms with Crippen molar-refractivity contribution in [2.24, 2.45) is 21.8 Å². The number of carbonyl (C=O) groups is 2. The third-order valence-corrected chi connectivity index (χ3v) is 3.13. The fraction of sp³-hybridized carbons (Fsp3) is 0.571. The molecule has 0 bridgehead atoms. The Morgan fingerprint density at radius 3 is 1.89 bits per heavy atom. The van der Waals surface area contributed by atoms with Gasteiger partial charge in [-0.3, -0.25) is 19.6 Å². The van der Waals surface area contributed by atoms with Crippen LogP contribution in [0.1, 0.15) is 41.0 Å². The third kappa shape index (κ3) is 13.5. The summed E-state index contributed by atoms with van der Waals surface area (Å²) in [6, 6.07) is 1.88. The smallest absolute Gasteiger partial charge is 0.327 e. The molecular formula is C21H31N3O4. The number of ether oxygens (including phenoxy) is 2. The molecule has 2 atom stereocenters. The van der Waals surface area contributed by atoms with Gasteiger partial charge >= 0.3 is 11.9 Å². The minimum Gasteiger partial charge on any atom is -0.463 e. The Labute approximate surface area is 167 Å². The van der Waals surface area contributed by atoms with Gasteiger partial charge < -0.3 is 9.47 Å². The van der Waals surface area contributed by atoms with Gasteiger partial charge in [-0.2, -0.15) is 5.26 Å². The van der Waals surface area contributed by atoms with Crippen molar-refractivity contribution in [3.63, 3.8) is 0 Å². The van der Waals surface area contributed by atoms with Gasteiger partial charge in [0.25, 0.3) is 0 Å². The minimum absolute atomic E-state index is 0.118. The zero-order chi connectivity index (χ0) is 21.4. The Morgan fingerprint density at radius 1 is 0.893 bits per heavy atom. The number of nitrogens with zero attached hydrogens (tertiary/aromatic N) is 3. The molecule has 2 unspecified atom stereocenters. The topological polar surface area (TPSA) is 101 Å². The molecule has 0 aromatic carbocycles. The molecule has 0 saturated heterocycles. The van der Waals surface area contributed by atoms with Gasteiger partial charge in [0.05, 0.1) is 24.2 Å². The van der Waals surface area contributed by atoms with E-state index >= 15 is 0 Å². The van der Waals surface area contributed by atoms with Crippen LogP contribution in [0, 0.1) is 23.2 Å². The maximum Gasteiger partial charge on any atom is 0.327 e. The van der Waals surface area contributed by atoms with Crippen LogP contribution in [0.4, 0.5) is 0 Å². The lowest BCUT2D eigenvalue weighted by Crippen LogP contribution is -2.18. The van der Waals surface area contributed by atoms with Gasteiger partial charge in [-0.05, 0) is 53.2 Å². The van der Waals surface area contributed by atoms with E-state index in [1.807, 2.05) is 19.9 Å². The molecule has 28 heavy (non-hydrogen) atoms. The van der Waals surface area contributed by atoms with Crippen molar-refractivity contribution in [3.05, 3.63) is 24.3 Å². The lowest BCUT2D eigenvalue weighted by atomic mass is 10.1. The van der Waals surface area contributed by atoms with Gasteiger partial charge in [0.15, 0.2) is 5.92 Å². The van der Waals surface area contributed by atoms with Crippen LogP contribution in [0.25, 0.3) is 0 Å². The Kier molecular flexibility index (Phi) is 13.8. The summed E-state index contributed by atoms with van der Waals surface area (Å²) in [5, 5.41) is 8.96. The first kappa shape index (κ1) is 25.2. The summed E-state index contributed by atoms with van der Waals surface area (Å²) in [4.78, 5) is 31.6. The first-order chi connectivity index (χ1) is 13.3. The first-order valence-electron chi connectivity index (χ1n) is 9.41. The second-order valence-electron chi connectivity index (χ2n) is 6.60. The molecule has 0 saturated carbocycles. The Balaban J connectivity index is 4.05. The highest BCUT2D eigenvalue weighted by atomic mass is 16.5. The van der Waals surface area contributed by atoms with Gasteiger partial charge in [-0.1, -0.05) is 12.2 Å². The molecule has 0 aromatic rings. The van der Waals surface area contributed by atoms with E-state index in [0.29, 0.717) is 13.1 Å². The van der Waals surface area contributed by atoms with E-state index in [-0.39, 0.29) is 24.1 Å². The van der Waals surface area contributed by atoms with Crippen LogP contribution in [0.2, 0.25) is 0 Å². The molecule has 0 amide bonds. The number of hydrogen-bond donors (Lipinski definition) is 0. The molecule has 0 rings (SSSR count). The van der Waals surface area contributed by atoms with Gasteiger partial charge in [-0.25, -0.2) is 0 Å². The number of nitriles is 1. The zero-order valence-electron chi connectivity index (χ0n) is 17.4. The molecule has 0 spiro atoms. The van der Waals surface area contributed by atoms with Crippen molar-refractivity contribution >= 4 is 24.4 Å². The van der Waals surface area contributed by atoms with E-state index in [1.54, 1.807) is 51.4 Å². The standard InChI is InChI=1S/C21H31N3O4/c1-16(2)27-20(25)18(5)9-6-11-23-13-8-14-24-12-7-10-19(15-22)21(26)28-17(3)4/h6-7,9-12,16-19H,8,13-14H2,1-5H3/b9-6+,10-7+,23-11?,24-12?. The molecule has 7 nitrogen and oxygen atoms in total. The monoisotopic (exact) mass is 389 g/mol. The maximum absolute atomic E-state index is 11.6. The summed E-state index contributed by atoms with van der Waals surface area (Å²) in [5.41, 5.74) is 0. The summed E-state index contributed by atoms with van der Waals surface area (Å²) in [6.45, 7) is 10.1. The molecule has 7 heteroatoms. The van der Waals surface area contributed by atoms with E-state index in [4.69, 9.17) is 14.7 Å². The number of allylic oxidation sites excluding steroid dienone is 2. The second kappa shape index (κ2) is 15.3. The maximum atomic E-state index is 11.6. The predicted octanol–water partition coefficient (Wildman–Crippen LogP) is 3.31. The Bertz CT molecular complexity index is 628. The minimum atomic E-state index is -0.926. The van der Waals surface area contributed by atoms with Gasteiger partial charge in [-0.15, -0.1) is 0 Å². The van der Waals surface area contributed by atoms with Crippen LogP contribution < -0.4 is 0 Å². The summed E-state index contributed by atoms with van der Waals surface area (Å²) in [7, 11) is 0. The fourth-order valence-corrected chi connectivity index (χ4v) is 1.80. The second-order valence-corrected chi connectivity index (χ2v) is 6.60. The van der Waals surface area contributed by atoms with Gasteiger partial charge in [0.1, 0.15) is 0 Å². The lowest BCUT2D eigenvalue weighted by Gasteiger charge is -2.10. The molecule has 0 heterocycles. The number of rotatable bonds is 12. The van der Waals surface area contributed by atoms with Crippen molar-refractivity contribution in [1.29, 1.82) is 5.26 Å². The van der Waals surface area contributed by atoms with Crippen LogP contribution in [-0.4, -0.2) is 49.7 Å². The van der Waals surface area contributed by atoms with Crippen molar-refractivity contribution in [1.82, 2.24) is 0 Å². The largest absolute Gasteiger partial charge is 0.463 e. The molecule has 154 valence electrons. The summed E-state index contributed by atoms with van der Waals surface area (Å²) in [5.74, 6) is -2.04. The number of carbonyl (C=O) groups excluding carboxylic acids is 2. The summed E-state index contributed by atoms with van der Waals surface area (Å²) < 4.78 is 10.1. The zero-order valence-corrected chi connectivity index (χ0v) is 17.4. The highest BCUT2D eigenvalue weighted by Crippen LogP contribution is 2.04. The predicted molar refractivity (Wildman–Crippen MR) is 110 cm³/mol. The molecule has 0 aliphatic carbocycles. The highest BCUT2D eigenvalue weighted by Gasteiger charge is 2.16. The van der Waals surface area contributed by atoms with Crippen molar-refractivity contribution < 1.29 is 19.1 Å². The summed E-state index contributed by atoms with van der Waals surface area (Å²) in [6.07, 6.45) is 10.1. The molecule has 0 aromatic heterocycles. The van der Waals surface area contributed by atoms with Crippen molar-refractivity contribution in [3.8, 4) is 6.07 Å². The SMILES string of the molecule is CC(C)OC(=O)C(C)/C=C/C=NCCCN=C/C=C/C(C#N)C(=O)OC(C)C. The van der Waals surface area contributed by atoms with Gasteiger partial charge in [0, 0.05) is 25.5 Å². The van der Waals surface area contributed by atoms with E-state index < -0.39 is 11.9 Å². The average molecular weight is 389 g/mol. The van der Waals surface area contributed by atoms with E-state index in [1.165, 1.54) is 6.08 Å². The van der Waals surface area contributed by atoms with Crippen molar-refractivity contribution in [2.75, 3.05) is 13.1 Å². The van der Waals surface area contributed by atoms with Gasteiger partial charge in [0.2, 0.25) is 0 Å². The Hall–Kier alpha value is -2.75. The van der Waals surface area contributed by atoms with Crippen LogP contribution in [0.15, 0.2) is 34.3 Å². The average Bonchev–Trinajstić information content (AvgIpc) is 2.61. The number of hydrogen-bond acceptors (Lipinski definition) is 7. The molecule has 0 aliphatic heterocycles. The Morgan fingerprint density at radius 2 is 1.39 bits per heavy atom. The van der Waals surface area contributed by atoms with E-state index in [2.05, 4.69) is 9.98 Å². The molecule has 0 N–H and O–H groups in total. The van der Waals surface area contributed by atoms with E-state index in [9.17, 15) is 9.59 Å². The van der Waals surface area contributed by atoms with Crippen LogP contribution in [0.3, 0.4) is 0 Å². The van der Waals surface area contributed by atoms with Crippen molar-refractivity contribution in [2.45, 2.75) is 53.2 Å². The first-order valence-corrected chi connectivity index (χ1v) is 9.41. The van der Waals surface area contributed by atoms with Crippen LogP contribution >= 0.6 is 0 Å². The van der Waals surface area contributed by atoms with Crippen LogP contribution in [0.5, 0.6) is 0 Å². The molecule has 0 fully saturated rings. The molecule has 0 aliphatic rings.